The summed E-state index contributed by atoms with van der Waals surface area (Å²) in [7, 11) is -3.28. The fourth-order valence-electron chi connectivity index (χ4n) is 6.56. The maximum atomic E-state index is 13.4. The second kappa shape index (κ2) is 7.55. The van der Waals surface area contributed by atoms with Crippen LogP contribution in [-0.2, 0) is 14.8 Å². The van der Waals surface area contributed by atoms with Gasteiger partial charge in [-0.05, 0) is 58.0 Å². The van der Waals surface area contributed by atoms with E-state index in [1.54, 1.807) is 4.31 Å². The van der Waals surface area contributed by atoms with Crippen molar-refractivity contribution >= 4 is 15.9 Å². The van der Waals surface area contributed by atoms with Gasteiger partial charge in [0, 0.05) is 38.1 Å². The Labute approximate surface area is 170 Å². The van der Waals surface area contributed by atoms with Crippen molar-refractivity contribution in [2.24, 2.45) is 16.7 Å². The number of carbonyl (C=O) groups is 1. The summed E-state index contributed by atoms with van der Waals surface area (Å²) in [4.78, 5) is 17.9. The normalized spacial score (nSPS) is 32.8. The van der Waals surface area contributed by atoms with E-state index in [2.05, 4.69) is 4.90 Å². The van der Waals surface area contributed by atoms with Gasteiger partial charge in [-0.2, -0.15) is 0 Å². The van der Waals surface area contributed by atoms with Gasteiger partial charge >= 0.3 is 0 Å². The summed E-state index contributed by atoms with van der Waals surface area (Å²) in [6.07, 6.45) is 10.9. The van der Waals surface area contributed by atoms with Crippen LogP contribution in [0.15, 0.2) is 0 Å². The Morgan fingerprint density at radius 3 is 2.25 bits per heavy atom. The molecule has 2 spiro atoms. The summed E-state index contributed by atoms with van der Waals surface area (Å²) in [6, 6.07) is 0. The van der Waals surface area contributed by atoms with Crippen LogP contribution in [0, 0.1) is 16.7 Å². The third-order valence-electron chi connectivity index (χ3n) is 8.35. The Morgan fingerprint density at radius 1 is 1.00 bits per heavy atom. The molecule has 3 aliphatic heterocycles. The number of hydrogen-bond acceptors (Lipinski definition) is 4. The summed E-state index contributed by atoms with van der Waals surface area (Å²) >= 11 is 0. The van der Waals surface area contributed by atoms with Gasteiger partial charge in [-0.25, -0.2) is 12.7 Å². The molecule has 0 N–H and O–H groups in total. The van der Waals surface area contributed by atoms with Crippen LogP contribution in [0.4, 0.5) is 0 Å². The van der Waals surface area contributed by atoms with E-state index < -0.39 is 15.4 Å². The Kier molecular flexibility index (Phi) is 5.55. The Morgan fingerprint density at radius 2 is 1.68 bits per heavy atom. The van der Waals surface area contributed by atoms with Crippen LogP contribution in [-0.4, -0.2) is 80.5 Å². The number of nitrogens with zero attached hydrogens (tertiary/aromatic N) is 3. The minimum atomic E-state index is -3.28. The van der Waals surface area contributed by atoms with Crippen LogP contribution >= 0.6 is 0 Å². The van der Waals surface area contributed by atoms with Gasteiger partial charge in [0.15, 0.2) is 0 Å². The third kappa shape index (κ3) is 3.41. The summed E-state index contributed by atoms with van der Waals surface area (Å²) in [6.45, 7) is 7.66. The smallest absolute Gasteiger partial charge is 0.230 e. The number of amides is 1. The van der Waals surface area contributed by atoms with Crippen molar-refractivity contribution in [2.75, 3.05) is 52.1 Å². The number of likely N-dealkylation sites (tertiary alicyclic amines) is 2. The van der Waals surface area contributed by atoms with Crippen LogP contribution < -0.4 is 0 Å². The molecule has 6 nitrogen and oxygen atoms in total. The average Bonchev–Trinajstić information content (AvgIpc) is 3.17. The monoisotopic (exact) mass is 411 g/mol. The van der Waals surface area contributed by atoms with Gasteiger partial charge in [-0.3, -0.25) is 4.79 Å². The first kappa shape index (κ1) is 20.6. The molecule has 7 heteroatoms. The lowest BCUT2D eigenvalue weighted by Crippen LogP contribution is -2.53. The standard InChI is InChI=1S/C21H37N3O3S/c1-3-23-14-11-21(19(23)25)17-24(28(2,26)27)16-20(21)9-12-22(13-10-20)15-18-7-5-4-6-8-18/h18H,3-17H2,1-2H3. The molecule has 4 aliphatic rings. The van der Waals surface area contributed by atoms with Crippen molar-refractivity contribution in [2.45, 2.75) is 58.3 Å². The van der Waals surface area contributed by atoms with Gasteiger partial charge < -0.3 is 9.80 Å². The first-order valence-electron chi connectivity index (χ1n) is 11.3. The van der Waals surface area contributed by atoms with E-state index in [4.69, 9.17) is 0 Å². The minimum absolute atomic E-state index is 0.180. The molecule has 3 saturated heterocycles. The topological polar surface area (TPSA) is 60.9 Å². The fraction of sp³-hybridized carbons (Fsp3) is 0.952. The summed E-state index contributed by atoms with van der Waals surface area (Å²) in [5.41, 5.74) is -0.677. The molecule has 0 bridgehead atoms. The predicted molar refractivity (Wildman–Crippen MR) is 110 cm³/mol. The number of rotatable bonds is 4. The average molecular weight is 412 g/mol. The van der Waals surface area contributed by atoms with E-state index in [1.165, 1.54) is 44.9 Å². The van der Waals surface area contributed by atoms with E-state index in [0.717, 1.165) is 51.4 Å². The van der Waals surface area contributed by atoms with E-state index in [0.29, 0.717) is 13.1 Å². The van der Waals surface area contributed by atoms with Crippen LogP contribution in [0.3, 0.4) is 0 Å². The molecule has 4 rings (SSSR count). The first-order chi connectivity index (χ1) is 13.3. The van der Waals surface area contributed by atoms with Crippen molar-refractivity contribution < 1.29 is 13.2 Å². The van der Waals surface area contributed by atoms with Crippen molar-refractivity contribution in [3.63, 3.8) is 0 Å². The summed E-state index contributed by atoms with van der Waals surface area (Å²) in [5.74, 6) is 1.04. The number of sulfonamides is 1. The number of hydrogen-bond donors (Lipinski definition) is 0. The van der Waals surface area contributed by atoms with Crippen molar-refractivity contribution in [3.8, 4) is 0 Å². The molecule has 0 aromatic carbocycles. The molecule has 0 radical (unpaired) electrons. The first-order valence-corrected chi connectivity index (χ1v) is 13.1. The summed E-state index contributed by atoms with van der Waals surface area (Å²) in [5, 5.41) is 0. The Balaban J connectivity index is 1.52. The van der Waals surface area contributed by atoms with Gasteiger partial charge in [0.25, 0.3) is 0 Å². The fourth-order valence-corrected chi connectivity index (χ4v) is 7.50. The molecular formula is C21H37N3O3S. The second-order valence-electron chi connectivity index (χ2n) is 9.83. The Bertz CT molecular complexity index is 696. The van der Waals surface area contributed by atoms with Crippen LogP contribution in [0.5, 0.6) is 0 Å². The van der Waals surface area contributed by atoms with Crippen molar-refractivity contribution in [1.82, 2.24) is 14.1 Å². The highest BCUT2D eigenvalue weighted by atomic mass is 32.2. The highest BCUT2D eigenvalue weighted by molar-refractivity contribution is 7.88. The molecule has 1 saturated carbocycles. The van der Waals surface area contributed by atoms with Crippen molar-refractivity contribution in [1.29, 1.82) is 0 Å². The lowest BCUT2D eigenvalue weighted by molar-refractivity contribution is -0.142. The molecule has 4 fully saturated rings. The van der Waals surface area contributed by atoms with Crippen LogP contribution in [0.1, 0.15) is 58.3 Å². The maximum absolute atomic E-state index is 13.4. The molecule has 0 aromatic heterocycles. The van der Waals surface area contributed by atoms with Crippen LogP contribution in [0.25, 0.3) is 0 Å². The SMILES string of the molecule is CCN1CCC2(CN(S(C)(=O)=O)CC23CCN(CC2CCCCC2)CC3)C1=O. The van der Waals surface area contributed by atoms with E-state index in [9.17, 15) is 13.2 Å². The Hall–Kier alpha value is -0.660. The lowest BCUT2D eigenvalue weighted by atomic mass is 9.60. The molecule has 28 heavy (non-hydrogen) atoms. The molecule has 1 aliphatic carbocycles. The molecule has 0 aromatic rings. The van der Waals surface area contributed by atoms with E-state index in [-0.39, 0.29) is 11.3 Å². The zero-order chi connectivity index (χ0) is 20.0. The van der Waals surface area contributed by atoms with Gasteiger partial charge in [0.05, 0.1) is 11.7 Å². The molecule has 3 heterocycles. The van der Waals surface area contributed by atoms with Crippen LogP contribution in [0.2, 0.25) is 0 Å². The minimum Gasteiger partial charge on any atom is -0.342 e. The zero-order valence-electron chi connectivity index (χ0n) is 17.7. The highest BCUT2D eigenvalue weighted by Crippen LogP contribution is 2.58. The molecule has 1 unspecified atom stereocenters. The highest BCUT2D eigenvalue weighted by Gasteiger charge is 2.66. The maximum Gasteiger partial charge on any atom is 0.230 e. The lowest BCUT2D eigenvalue weighted by Gasteiger charge is -2.47. The van der Waals surface area contributed by atoms with E-state index in [1.807, 2.05) is 11.8 Å². The number of fused-ring (bicyclic) bond motifs is 1. The number of carbonyl (C=O) groups excluding carboxylic acids is 1. The van der Waals surface area contributed by atoms with Gasteiger partial charge in [-0.15, -0.1) is 0 Å². The quantitative estimate of drug-likeness (QED) is 0.711. The van der Waals surface area contributed by atoms with Gasteiger partial charge in [0.1, 0.15) is 0 Å². The molecule has 160 valence electrons. The van der Waals surface area contributed by atoms with Gasteiger partial charge in [-0.1, -0.05) is 19.3 Å². The molecule has 1 atom stereocenters. The molecule has 1 amide bonds. The predicted octanol–water partition coefficient (Wildman–Crippen LogP) is 2.16. The van der Waals surface area contributed by atoms with Gasteiger partial charge in [0.2, 0.25) is 15.9 Å². The number of piperidine rings is 1. The molecular weight excluding hydrogens is 374 g/mol. The van der Waals surface area contributed by atoms with E-state index >= 15 is 0 Å². The second-order valence-corrected chi connectivity index (χ2v) is 11.8. The zero-order valence-corrected chi connectivity index (χ0v) is 18.5. The third-order valence-corrected chi connectivity index (χ3v) is 9.55. The van der Waals surface area contributed by atoms with Crippen molar-refractivity contribution in [3.05, 3.63) is 0 Å². The summed E-state index contributed by atoms with van der Waals surface area (Å²) < 4.78 is 26.4. The largest absolute Gasteiger partial charge is 0.342 e.